The lowest BCUT2D eigenvalue weighted by atomic mass is 10.2. The zero-order valence-corrected chi connectivity index (χ0v) is 17.0. The quantitative estimate of drug-likeness (QED) is 0.258. The number of aromatic nitrogens is 4. The van der Waals surface area contributed by atoms with E-state index in [-0.39, 0.29) is 16.6 Å². The van der Waals surface area contributed by atoms with Crippen LogP contribution in [0.2, 0.25) is 0 Å². The lowest BCUT2D eigenvalue weighted by molar-refractivity contribution is 0.402. The van der Waals surface area contributed by atoms with Crippen molar-refractivity contribution >= 4 is 38.9 Å². The van der Waals surface area contributed by atoms with Crippen molar-refractivity contribution in [3.8, 4) is 6.07 Å². The van der Waals surface area contributed by atoms with E-state index >= 15 is 0 Å². The first-order chi connectivity index (χ1) is 13.6. The standard InChI is InChI=1S/C20H19N5OS2/c1-3-10-25-18(13-8-9-13)23-24-20(25)27-12(2)17(26)14(11-21)19-22-15-6-4-5-7-16(15)28-19/h3-7,12-13,26H,1,8-10H2,2H3/b17-14-. The number of thiazole rings is 1. The summed E-state index contributed by atoms with van der Waals surface area (Å²) in [4.78, 5) is 4.50. The van der Waals surface area contributed by atoms with Gasteiger partial charge in [0, 0.05) is 12.5 Å². The molecule has 8 heteroatoms. The number of aliphatic hydroxyl groups excluding tert-OH is 1. The Morgan fingerprint density at radius 1 is 1.46 bits per heavy atom. The molecule has 1 aliphatic rings. The van der Waals surface area contributed by atoms with Gasteiger partial charge in [-0.15, -0.1) is 28.1 Å². The maximum absolute atomic E-state index is 10.8. The molecule has 2 aromatic heterocycles. The number of benzene rings is 1. The molecule has 0 amide bonds. The molecule has 3 aromatic rings. The highest BCUT2D eigenvalue weighted by molar-refractivity contribution is 7.99. The van der Waals surface area contributed by atoms with Crippen molar-refractivity contribution in [2.75, 3.05) is 0 Å². The highest BCUT2D eigenvalue weighted by atomic mass is 32.2. The van der Waals surface area contributed by atoms with E-state index < -0.39 is 0 Å². The van der Waals surface area contributed by atoms with E-state index in [0.29, 0.717) is 17.5 Å². The van der Waals surface area contributed by atoms with E-state index in [0.717, 1.165) is 34.0 Å². The molecule has 4 rings (SSSR count). The van der Waals surface area contributed by atoms with Gasteiger partial charge in [-0.1, -0.05) is 30.0 Å². The average molecular weight is 410 g/mol. The molecule has 142 valence electrons. The first-order valence-corrected chi connectivity index (χ1v) is 10.7. The zero-order chi connectivity index (χ0) is 19.7. The van der Waals surface area contributed by atoms with E-state index in [1.54, 1.807) is 0 Å². The molecule has 28 heavy (non-hydrogen) atoms. The summed E-state index contributed by atoms with van der Waals surface area (Å²) in [6.45, 7) is 6.30. The van der Waals surface area contributed by atoms with Crippen LogP contribution in [0.15, 0.2) is 47.8 Å². The summed E-state index contributed by atoms with van der Waals surface area (Å²) < 4.78 is 3.03. The number of allylic oxidation sites excluding steroid dienone is 2. The summed E-state index contributed by atoms with van der Waals surface area (Å²) in [7, 11) is 0. The second kappa shape index (κ2) is 7.78. The van der Waals surface area contributed by atoms with Crippen molar-refractivity contribution in [3.63, 3.8) is 0 Å². The minimum atomic E-state index is -0.360. The smallest absolute Gasteiger partial charge is 0.192 e. The van der Waals surface area contributed by atoms with Crippen molar-refractivity contribution in [3.05, 3.63) is 53.5 Å². The predicted octanol–water partition coefficient (Wildman–Crippen LogP) is 4.92. The van der Waals surface area contributed by atoms with E-state index in [2.05, 4.69) is 27.8 Å². The molecule has 1 unspecified atom stereocenters. The third-order valence-corrected chi connectivity index (χ3v) is 6.69. The molecule has 2 heterocycles. The van der Waals surface area contributed by atoms with Crippen LogP contribution in [0.4, 0.5) is 0 Å². The van der Waals surface area contributed by atoms with E-state index in [4.69, 9.17) is 0 Å². The van der Waals surface area contributed by atoms with Crippen LogP contribution in [0.25, 0.3) is 15.8 Å². The SMILES string of the molecule is C=CCn1c(SC(C)/C(O)=C(\C#N)c2nc3ccccc3s2)nnc1C1CC1. The topological polar surface area (TPSA) is 87.6 Å². The largest absolute Gasteiger partial charge is 0.510 e. The first-order valence-electron chi connectivity index (χ1n) is 9.02. The number of rotatable bonds is 7. The second-order valence-corrected chi connectivity index (χ2v) is 8.97. The monoisotopic (exact) mass is 409 g/mol. The fraction of sp³-hybridized carbons (Fsp3) is 0.300. The molecule has 0 saturated heterocycles. The summed E-state index contributed by atoms with van der Waals surface area (Å²) in [5.74, 6) is 1.45. The lowest BCUT2D eigenvalue weighted by Gasteiger charge is -2.12. The van der Waals surface area contributed by atoms with Crippen LogP contribution in [0.3, 0.4) is 0 Å². The van der Waals surface area contributed by atoms with Crippen molar-refractivity contribution < 1.29 is 5.11 Å². The number of nitriles is 1. The number of thioether (sulfide) groups is 1. The molecule has 1 N–H and O–H groups in total. The third kappa shape index (κ3) is 3.55. The molecule has 1 atom stereocenters. The van der Waals surface area contributed by atoms with Gasteiger partial charge in [0.15, 0.2) is 5.16 Å². The second-order valence-electron chi connectivity index (χ2n) is 6.63. The van der Waals surface area contributed by atoms with Gasteiger partial charge in [0.1, 0.15) is 28.2 Å². The van der Waals surface area contributed by atoms with Crippen molar-refractivity contribution in [2.24, 2.45) is 0 Å². The van der Waals surface area contributed by atoms with E-state index in [9.17, 15) is 10.4 Å². The van der Waals surface area contributed by atoms with Crippen LogP contribution in [0, 0.1) is 11.3 Å². The normalized spacial score (nSPS) is 15.9. The first kappa shape index (κ1) is 18.7. The molecule has 0 radical (unpaired) electrons. The van der Waals surface area contributed by atoms with Gasteiger partial charge in [0.2, 0.25) is 0 Å². The third-order valence-electron chi connectivity index (χ3n) is 4.54. The van der Waals surface area contributed by atoms with Crippen LogP contribution >= 0.6 is 23.1 Å². The van der Waals surface area contributed by atoms with Gasteiger partial charge < -0.3 is 9.67 Å². The van der Waals surface area contributed by atoms with Gasteiger partial charge in [-0.05, 0) is 31.9 Å². The number of para-hydroxylation sites is 1. The number of hydrogen-bond donors (Lipinski definition) is 1. The van der Waals surface area contributed by atoms with Crippen LogP contribution in [-0.2, 0) is 6.54 Å². The highest BCUT2D eigenvalue weighted by Gasteiger charge is 2.31. The molecule has 0 bridgehead atoms. The summed E-state index contributed by atoms with van der Waals surface area (Å²) in [6.07, 6.45) is 4.09. The Hall–Kier alpha value is -2.63. The Labute approximate surface area is 171 Å². The van der Waals surface area contributed by atoms with E-state index in [1.807, 2.05) is 41.8 Å². The van der Waals surface area contributed by atoms with Gasteiger partial charge in [-0.3, -0.25) is 0 Å². The van der Waals surface area contributed by atoms with Crippen molar-refractivity contribution in [1.29, 1.82) is 5.26 Å². The molecule has 6 nitrogen and oxygen atoms in total. The van der Waals surface area contributed by atoms with Gasteiger partial charge in [0.05, 0.1) is 15.5 Å². The lowest BCUT2D eigenvalue weighted by Crippen LogP contribution is -2.08. The zero-order valence-electron chi connectivity index (χ0n) is 15.4. The number of hydrogen-bond acceptors (Lipinski definition) is 7. The fourth-order valence-electron chi connectivity index (χ4n) is 2.94. The number of nitrogens with zero attached hydrogens (tertiary/aromatic N) is 5. The van der Waals surface area contributed by atoms with Crippen LogP contribution in [0.5, 0.6) is 0 Å². The molecule has 1 aliphatic carbocycles. The molecule has 1 saturated carbocycles. The molecule has 0 aliphatic heterocycles. The minimum absolute atomic E-state index is 0.00711. The van der Waals surface area contributed by atoms with Crippen LogP contribution in [-0.4, -0.2) is 30.1 Å². The minimum Gasteiger partial charge on any atom is -0.510 e. The summed E-state index contributed by atoms with van der Waals surface area (Å²) in [6, 6.07) is 9.82. The summed E-state index contributed by atoms with van der Waals surface area (Å²) >= 11 is 2.79. The maximum Gasteiger partial charge on any atom is 0.192 e. The van der Waals surface area contributed by atoms with Crippen LogP contribution in [0.1, 0.15) is 36.5 Å². The molecule has 1 aromatic carbocycles. The highest BCUT2D eigenvalue weighted by Crippen LogP contribution is 2.41. The van der Waals surface area contributed by atoms with Crippen molar-refractivity contribution in [2.45, 2.75) is 42.6 Å². The average Bonchev–Trinajstić information content (AvgIpc) is 3.33. The molecular formula is C20H19N5OS2. The molecule has 0 spiro atoms. The van der Waals surface area contributed by atoms with Gasteiger partial charge in [-0.2, -0.15) is 5.26 Å². The maximum atomic E-state index is 10.8. The Morgan fingerprint density at radius 3 is 2.93 bits per heavy atom. The van der Waals surface area contributed by atoms with Gasteiger partial charge in [-0.25, -0.2) is 4.98 Å². The van der Waals surface area contributed by atoms with Crippen LogP contribution < -0.4 is 0 Å². The number of fused-ring (bicyclic) bond motifs is 1. The Kier molecular flexibility index (Phi) is 5.20. The Morgan fingerprint density at radius 2 is 2.25 bits per heavy atom. The fourth-order valence-corrected chi connectivity index (χ4v) is 4.84. The summed E-state index contributed by atoms with van der Waals surface area (Å²) in [5, 5.41) is 30.0. The Balaban J connectivity index is 1.63. The molecular weight excluding hydrogens is 390 g/mol. The predicted molar refractivity (Wildman–Crippen MR) is 112 cm³/mol. The van der Waals surface area contributed by atoms with Crippen molar-refractivity contribution in [1.82, 2.24) is 19.7 Å². The van der Waals surface area contributed by atoms with Gasteiger partial charge in [0.25, 0.3) is 0 Å². The van der Waals surface area contributed by atoms with E-state index in [1.165, 1.54) is 23.1 Å². The summed E-state index contributed by atoms with van der Waals surface area (Å²) in [5.41, 5.74) is 1.03. The van der Waals surface area contributed by atoms with Gasteiger partial charge >= 0.3 is 0 Å². The number of aliphatic hydroxyl groups is 1. The molecule has 1 fully saturated rings. The Bertz CT molecular complexity index is 1070.